The van der Waals surface area contributed by atoms with Crippen molar-refractivity contribution in [3.8, 4) is 34.5 Å². The van der Waals surface area contributed by atoms with Gasteiger partial charge in [0.2, 0.25) is 27.1 Å². The molecule has 0 saturated heterocycles. The summed E-state index contributed by atoms with van der Waals surface area (Å²) in [6.07, 6.45) is 17.6. The van der Waals surface area contributed by atoms with Crippen molar-refractivity contribution < 1.29 is 72.1 Å². The molecule has 3 amide bonds. The van der Waals surface area contributed by atoms with Crippen LogP contribution in [0.15, 0.2) is 392 Å². The van der Waals surface area contributed by atoms with Gasteiger partial charge in [-0.15, -0.1) is 32.9 Å². The summed E-state index contributed by atoms with van der Waals surface area (Å²) in [6.45, 7) is 33.3. The number of allylic oxidation sites excluding steroid dienone is 1. The number of nitrogen functional groups attached to an aromatic ring is 1. The molecule has 11 N–H and O–H groups in total. The molecule has 35 nitrogen and oxygen atoms in total. The molecule has 15 rings (SSSR count). The Bertz CT molecular complexity index is 6950. The number of benzene rings is 8. The number of nitrogens with two attached hydrogens (primary N) is 3. The van der Waals surface area contributed by atoms with Gasteiger partial charge in [-0.2, -0.15) is 5.90 Å². The summed E-state index contributed by atoms with van der Waals surface area (Å²) < 4.78 is 38.8. The lowest BCUT2D eigenvalue weighted by Crippen LogP contribution is -2.57. The maximum Gasteiger partial charge on any atom is 0.356 e. The highest BCUT2D eigenvalue weighted by atomic mass is 16.7. The third-order valence-electron chi connectivity index (χ3n) is 21.8. The number of carboxylic acid groups (broad SMARTS) is 1. The summed E-state index contributed by atoms with van der Waals surface area (Å²) in [5.74, 6) is 7.84. The lowest BCUT2D eigenvalue weighted by Gasteiger charge is -2.45. The molecule has 2 aliphatic rings. The number of amides is 3. The standard InChI is InChI=1S/C34H33N3O4.C18H19N3O3.C18H20N2O3.C17H18N2O3.C13H11NO4.C7H6N2O4.C4H9N/c1-4-22-40-30-19-13-12-18-28(30)31(27-16-10-7-11-17-27)37-24-35(25(3)5-2)34(39)32-33(29(38)20-21-36(32)37)41-23-26-14-8-6-9-15-26;1-3-13(2)20-12-19-21-10-9-15(22)17(16(21)18(20)23)24-11-14-7-5-4-6-8-14;1-3-13(2)11-16(22)17-18(15(21)9-10-20(17)19)23-12-14-7-5-4-6-8-14;1-3-12(2)19-17(21)15-16(14(20)9-10-18-15)22-11-13-7-5-4-6-8-13;15-10-6-7-14-11(13(16)17)12(10)18-8-9-4-2-1-3-5-9;8-13-7(10)5-1-3-6(4-2-5)9(11)12;1-3-4(2)5/h4-21,25,31H,1-2,22-24H2,3H3;3-10,13,19H,1,11-12H2,2H3;3-10,13H,1,11-12,19H2,2H3;3-10,12H,1,11H2,2H3,(H,18,20)(H,19,21);1-7H,8H2,(H,14,15)(H,16,17);1-4H,8H2;3-4H,1,5H2,2H3. The number of hydrogen-bond donors (Lipinski definition) is 8. The van der Waals surface area contributed by atoms with Gasteiger partial charge in [-0.05, 0) is 85.2 Å². The van der Waals surface area contributed by atoms with Crippen molar-refractivity contribution in [3.05, 3.63) is 502 Å². The number of hydrogen-bond acceptors (Lipinski definition) is 25. The fourth-order valence-corrected chi connectivity index (χ4v) is 13.8. The molecule has 6 unspecified atom stereocenters. The summed E-state index contributed by atoms with van der Waals surface area (Å²) in [4.78, 5) is 156. The first-order chi connectivity index (χ1) is 70.4. The number of aromatic carboxylic acids is 1. The van der Waals surface area contributed by atoms with Gasteiger partial charge in [-0.1, -0.05) is 250 Å². The number of aromatic amines is 2. The smallest absolute Gasteiger partial charge is 0.356 e. The summed E-state index contributed by atoms with van der Waals surface area (Å²) in [5.41, 5.74) is 13.2. The van der Waals surface area contributed by atoms with Crippen LogP contribution in [0.4, 0.5) is 5.69 Å². The molecule has 5 aromatic heterocycles. The Labute approximate surface area is 842 Å². The van der Waals surface area contributed by atoms with Gasteiger partial charge in [0.25, 0.3) is 23.4 Å². The number of ether oxygens (including phenoxy) is 6. The highest BCUT2D eigenvalue weighted by Gasteiger charge is 2.40. The van der Waals surface area contributed by atoms with Gasteiger partial charge in [0.05, 0.1) is 10.5 Å². The van der Waals surface area contributed by atoms with E-state index in [9.17, 15) is 62.9 Å². The maximum absolute atomic E-state index is 14.0. The number of carboxylic acids is 1. The van der Waals surface area contributed by atoms with E-state index in [-0.39, 0.29) is 190 Å². The monoisotopic (exact) mass is 1980 g/mol. The van der Waals surface area contributed by atoms with E-state index in [0.29, 0.717) is 19.0 Å². The molecular weight excluding hydrogens is 1870 g/mol. The van der Waals surface area contributed by atoms with Crippen LogP contribution in [0.1, 0.15) is 149 Å². The number of aromatic nitrogens is 5. The number of fused-ring (bicyclic) bond motifs is 2. The maximum atomic E-state index is 14.0. The van der Waals surface area contributed by atoms with Crippen molar-refractivity contribution in [3.63, 3.8) is 0 Å². The van der Waals surface area contributed by atoms with E-state index in [1.165, 1.54) is 77.9 Å². The number of Topliss-reactive ketones (excluding diaryl/α,β-unsaturated/α-hetero) is 1. The van der Waals surface area contributed by atoms with Gasteiger partial charge in [0.1, 0.15) is 64.8 Å². The number of non-ortho nitro benzene ring substituents is 1. The minimum absolute atomic E-state index is 0.00956. The summed E-state index contributed by atoms with van der Waals surface area (Å²) in [5, 5.41) is 23.9. The number of nitrogens with zero attached hydrogens (tertiary/aromatic N) is 7. The van der Waals surface area contributed by atoms with Gasteiger partial charge < -0.3 is 80.5 Å². The molecule has 0 bridgehead atoms. The number of para-hydroxylation sites is 1. The first-order valence-corrected chi connectivity index (χ1v) is 45.8. The number of ketones is 1. The van der Waals surface area contributed by atoms with Crippen LogP contribution in [0.25, 0.3) is 0 Å². The molecule has 8 aromatic carbocycles. The second-order valence-corrected chi connectivity index (χ2v) is 32.5. The van der Waals surface area contributed by atoms with Gasteiger partial charge in [-0.25, -0.2) is 9.59 Å². The fraction of sp³-hybridized carbons (Fsp3) is 0.180. The molecule has 0 aliphatic carbocycles. The molecule has 756 valence electrons. The molecule has 0 radical (unpaired) electrons. The quantitative estimate of drug-likeness (QED) is 0.00594. The van der Waals surface area contributed by atoms with Crippen LogP contribution in [0.2, 0.25) is 0 Å². The number of H-pyrrole nitrogens is 2. The zero-order chi connectivity index (χ0) is 106. The first-order valence-electron chi connectivity index (χ1n) is 45.8. The third kappa shape index (κ3) is 31.8. The molecule has 0 saturated carbocycles. The third-order valence-corrected chi connectivity index (χ3v) is 21.8. The van der Waals surface area contributed by atoms with E-state index >= 15 is 0 Å². The van der Waals surface area contributed by atoms with E-state index in [1.54, 1.807) is 70.2 Å². The van der Waals surface area contributed by atoms with Gasteiger partial charge in [-0.3, -0.25) is 72.3 Å². The zero-order valence-electron chi connectivity index (χ0n) is 81.2. The Morgan fingerprint density at radius 1 is 0.486 bits per heavy atom. The second-order valence-electron chi connectivity index (χ2n) is 32.5. The normalized spacial score (nSPS) is 12.5. The predicted octanol–water partition coefficient (Wildman–Crippen LogP) is 15.3. The lowest BCUT2D eigenvalue weighted by atomic mass is 9.97. The SMILES string of the molecule is C=CC(C)CC(=O)c1c(OCc2ccccc2)c(=O)ccn1N.C=CC(C)N.C=CC(C)N1CNn2ccc(=O)c(OCc3ccccc3)c2C1=O.C=CC(C)NC(=O)c1[nH]ccc(=O)c1OCc1ccccc1.C=CCOc1ccccc1C(c1ccccc1)N1CN(C(C)C=C)C(=O)c2c(OCc3ccccc3)c(=O)ccn21.NOC(=O)c1ccc([N+](=O)[O-])cc1.O=C(O)c1[nH]ccc(=O)c1OCc1ccccc1. The fourth-order valence-electron chi connectivity index (χ4n) is 13.8. The molecule has 6 atom stereocenters. The van der Waals surface area contributed by atoms with Gasteiger partial charge in [0.15, 0.2) is 63.0 Å². The molecular formula is C111H116N14O21. The van der Waals surface area contributed by atoms with Crippen LogP contribution in [-0.2, 0) is 37.9 Å². The Balaban J connectivity index is 0.000000200. The van der Waals surface area contributed by atoms with Crippen molar-refractivity contribution in [1.82, 2.24) is 39.1 Å². The largest absolute Gasteiger partial charge is 0.489 e. The van der Waals surface area contributed by atoms with Crippen LogP contribution in [-0.4, -0.2) is 123 Å². The highest BCUT2D eigenvalue weighted by molar-refractivity contribution is 5.99. The van der Waals surface area contributed by atoms with Crippen LogP contribution in [0.3, 0.4) is 0 Å². The van der Waals surface area contributed by atoms with Crippen molar-refractivity contribution in [2.45, 2.75) is 104 Å². The summed E-state index contributed by atoms with van der Waals surface area (Å²) in [7, 11) is 0. The van der Waals surface area contributed by atoms with E-state index in [0.717, 1.165) is 43.6 Å². The van der Waals surface area contributed by atoms with Crippen LogP contribution in [0.5, 0.6) is 34.5 Å². The average Bonchev–Trinajstić information content (AvgIpc) is 0.738. The highest BCUT2D eigenvalue weighted by Crippen LogP contribution is 2.38. The lowest BCUT2D eigenvalue weighted by molar-refractivity contribution is -0.384. The van der Waals surface area contributed by atoms with E-state index in [4.69, 9.17) is 45.1 Å². The number of pyridine rings is 5. The molecule has 0 spiro atoms. The molecule has 2 aliphatic heterocycles. The number of carbonyl (C=O) groups excluding carboxylic acids is 5. The number of nitro groups is 1. The minimum Gasteiger partial charge on any atom is -0.489 e. The van der Waals surface area contributed by atoms with Crippen LogP contribution in [0, 0.1) is 16.0 Å². The molecule has 7 heterocycles. The second kappa shape index (κ2) is 56.7. The van der Waals surface area contributed by atoms with Gasteiger partial charge in [0, 0.05) is 110 Å². The van der Waals surface area contributed by atoms with Crippen molar-refractivity contribution >= 4 is 41.1 Å². The van der Waals surface area contributed by atoms with Crippen LogP contribution >= 0.6 is 0 Å². The summed E-state index contributed by atoms with van der Waals surface area (Å²) in [6, 6.07) is 75.7. The van der Waals surface area contributed by atoms with Crippen molar-refractivity contribution in [1.29, 1.82) is 0 Å². The first kappa shape index (κ1) is 111. The van der Waals surface area contributed by atoms with Crippen LogP contribution < -0.4 is 88.8 Å². The average molecular weight is 1980 g/mol. The molecule has 146 heavy (non-hydrogen) atoms. The molecule has 35 heteroatoms. The number of nitrogens with one attached hydrogen (secondary N) is 4. The Kier molecular flexibility index (Phi) is 43.1. The minimum atomic E-state index is -1.23. The predicted molar refractivity (Wildman–Crippen MR) is 559 cm³/mol. The number of nitro benzene ring substituents is 1. The number of carbonyl (C=O) groups is 6. The Morgan fingerprint density at radius 3 is 1.36 bits per heavy atom. The van der Waals surface area contributed by atoms with Crippen molar-refractivity contribution in [2.75, 3.05) is 36.2 Å². The zero-order valence-corrected chi connectivity index (χ0v) is 81.2. The van der Waals surface area contributed by atoms with Gasteiger partial charge >= 0.3 is 11.9 Å². The summed E-state index contributed by atoms with van der Waals surface area (Å²) >= 11 is 0. The van der Waals surface area contributed by atoms with E-state index in [1.807, 2.05) is 234 Å². The Morgan fingerprint density at radius 2 is 0.904 bits per heavy atom. The van der Waals surface area contributed by atoms with Crippen molar-refractivity contribution in [2.24, 2.45) is 17.5 Å². The topological polar surface area (TPSA) is 474 Å². The number of rotatable bonds is 36. The Hall–Kier alpha value is -18.5. The molecule has 0 fully saturated rings. The molecule has 13 aromatic rings. The van der Waals surface area contributed by atoms with E-state index < -0.39 is 28.2 Å². The van der Waals surface area contributed by atoms with E-state index in [2.05, 4.69) is 75.9 Å².